The minimum Gasteiger partial charge on any atom is -0.489 e. The highest BCUT2D eigenvalue weighted by atomic mass is 16.5. The molecule has 0 N–H and O–H groups in total. The molecule has 1 amide bonds. The van der Waals surface area contributed by atoms with Crippen molar-refractivity contribution in [3.63, 3.8) is 0 Å². The van der Waals surface area contributed by atoms with Crippen molar-refractivity contribution in [2.24, 2.45) is 5.92 Å². The van der Waals surface area contributed by atoms with Crippen LogP contribution in [-0.2, 0) is 6.42 Å². The summed E-state index contributed by atoms with van der Waals surface area (Å²) in [6.07, 6.45) is 2.34. The van der Waals surface area contributed by atoms with E-state index in [1.165, 1.54) is 0 Å². The van der Waals surface area contributed by atoms with E-state index in [1.54, 1.807) is 11.8 Å². The average molecular weight is 369 g/mol. The highest BCUT2D eigenvalue weighted by Crippen LogP contribution is 2.20. The quantitative estimate of drug-likeness (QED) is 0.776. The van der Waals surface area contributed by atoms with Crippen molar-refractivity contribution >= 4 is 5.91 Å². The number of rotatable bonds is 6. The molecule has 1 aromatic carbocycles. The Hall–Kier alpha value is -2.56. The van der Waals surface area contributed by atoms with Crippen molar-refractivity contribution in [2.75, 3.05) is 13.1 Å². The van der Waals surface area contributed by atoms with Crippen molar-refractivity contribution in [1.82, 2.24) is 4.90 Å². The minimum absolute atomic E-state index is 0.0611. The first-order chi connectivity index (χ1) is 12.9. The number of para-hydroxylation sites is 1. The van der Waals surface area contributed by atoms with Crippen LogP contribution in [0.15, 0.2) is 45.6 Å². The molecule has 144 valence electrons. The fraction of sp³-hybridized carbons (Fsp3) is 0.455. The third-order valence-electron chi connectivity index (χ3n) is 4.86. The van der Waals surface area contributed by atoms with Gasteiger partial charge in [0, 0.05) is 19.4 Å². The summed E-state index contributed by atoms with van der Waals surface area (Å²) in [5.41, 5.74) is 0.289. The molecule has 1 aliphatic heterocycles. The van der Waals surface area contributed by atoms with Gasteiger partial charge in [0.25, 0.3) is 5.91 Å². The van der Waals surface area contributed by atoms with Crippen LogP contribution in [0.5, 0.6) is 5.75 Å². The Bertz CT molecular complexity index is 841. The standard InChI is InChI=1S/C22H27NO4/c1-15(2)9-10-18-13-16(3)20(22(25)27-18)21(24)23-12-11-19(14-23)26-17-7-5-4-6-8-17/h4-8,13,15,19H,9-12,14H2,1-3H3/t19-/m1/s1. The zero-order valence-corrected chi connectivity index (χ0v) is 16.2. The number of nitrogens with zero attached hydrogens (tertiary/aromatic N) is 1. The van der Waals surface area contributed by atoms with Gasteiger partial charge < -0.3 is 14.1 Å². The second-order valence-electron chi connectivity index (χ2n) is 7.58. The van der Waals surface area contributed by atoms with E-state index in [0.29, 0.717) is 36.8 Å². The number of benzene rings is 1. The minimum atomic E-state index is -0.536. The van der Waals surface area contributed by atoms with E-state index in [2.05, 4.69) is 13.8 Å². The summed E-state index contributed by atoms with van der Waals surface area (Å²) >= 11 is 0. The Morgan fingerprint density at radius 1 is 1.30 bits per heavy atom. The summed E-state index contributed by atoms with van der Waals surface area (Å²) in [6, 6.07) is 11.4. The molecule has 1 saturated heterocycles. The summed E-state index contributed by atoms with van der Waals surface area (Å²) in [7, 11) is 0. The molecule has 0 aliphatic carbocycles. The summed E-state index contributed by atoms with van der Waals surface area (Å²) in [6.45, 7) is 7.11. The molecule has 1 aliphatic rings. The first kappa shape index (κ1) is 19.2. The number of carbonyl (C=O) groups is 1. The van der Waals surface area contributed by atoms with Gasteiger partial charge in [-0.2, -0.15) is 0 Å². The Labute approximate surface area is 159 Å². The van der Waals surface area contributed by atoms with Crippen LogP contribution in [0.25, 0.3) is 0 Å². The molecule has 0 unspecified atom stereocenters. The highest BCUT2D eigenvalue weighted by Gasteiger charge is 2.31. The number of amides is 1. The van der Waals surface area contributed by atoms with Gasteiger partial charge in [-0.1, -0.05) is 32.0 Å². The fourth-order valence-electron chi connectivity index (χ4n) is 3.34. The highest BCUT2D eigenvalue weighted by molar-refractivity contribution is 5.95. The Kier molecular flexibility index (Phi) is 5.99. The zero-order valence-electron chi connectivity index (χ0n) is 16.2. The topological polar surface area (TPSA) is 59.8 Å². The molecule has 27 heavy (non-hydrogen) atoms. The van der Waals surface area contributed by atoms with Gasteiger partial charge in [0.1, 0.15) is 23.2 Å². The predicted octanol–water partition coefficient (Wildman–Crippen LogP) is 3.83. The van der Waals surface area contributed by atoms with Crippen LogP contribution in [0.4, 0.5) is 0 Å². The molecule has 5 nitrogen and oxygen atoms in total. The first-order valence-electron chi connectivity index (χ1n) is 9.58. The number of carbonyl (C=O) groups excluding carboxylic acids is 1. The van der Waals surface area contributed by atoms with Crippen LogP contribution in [0.1, 0.15) is 48.4 Å². The van der Waals surface area contributed by atoms with Gasteiger partial charge in [-0.3, -0.25) is 4.79 Å². The van der Waals surface area contributed by atoms with Gasteiger partial charge >= 0.3 is 5.63 Å². The normalized spacial score (nSPS) is 16.7. The van der Waals surface area contributed by atoms with Crippen molar-refractivity contribution in [3.05, 3.63) is 63.7 Å². The molecule has 2 aromatic rings. The molecule has 1 aromatic heterocycles. The second-order valence-corrected chi connectivity index (χ2v) is 7.58. The van der Waals surface area contributed by atoms with Crippen molar-refractivity contribution in [1.29, 1.82) is 0 Å². The van der Waals surface area contributed by atoms with Crippen LogP contribution in [0.3, 0.4) is 0 Å². The number of likely N-dealkylation sites (tertiary alicyclic amines) is 1. The van der Waals surface area contributed by atoms with Crippen molar-refractivity contribution < 1.29 is 13.9 Å². The Balaban J connectivity index is 1.68. The molecule has 1 fully saturated rings. The average Bonchev–Trinajstić information content (AvgIpc) is 3.08. The summed E-state index contributed by atoms with van der Waals surface area (Å²) in [5, 5.41) is 0. The molecular weight excluding hydrogens is 342 g/mol. The predicted molar refractivity (Wildman–Crippen MR) is 104 cm³/mol. The number of ether oxygens (including phenoxy) is 1. The van der Waals surface area contributed by atoms with Crippen LogP contribution in [0, 0.1) is 12.8 Å². The van der Waals surface area contributed by atoms with Gasteiger partial charge in [0.05, 0.1) is 6.54 Å². The Morgan fingerprint density at radius 2 is 2.04 bits per heavy atom. The van der Waals surface area contributed by atoms with Gasteiger partial charge in [-0.05, 0) is 43.0 Å². The lowest BCUT2D eigenvalue weighted by atomic mass is 10.0. The number of hydrogen-bond donors (Lipinski definition) is 0. The molecule has 0 spiro atoms. The smallest absolute Gasteiger partial charge is 0.349 e. The van der Waals surface area contributed by atoms with Crippen molar-refractivity contribution in [3.8, 4) is 5.75 Å². The molecular formula is C22H27NO4. The van der Waals surface area contributed by atoms with Gasteiger partial charge in [0.15, 0.2) is 0 Å². The maximum atomic E-state index is 12.9. The molecule has 5 heteroatoms. The van der Waals surface area contributed by atoms with E-state index in [1.807, 2.05) is 36.4 Å². The summed E-state index contributed by atoms with van der Waals surface area (Å²) in [4.78, 5) is 27.0. The van der Waals surface area contributed by atoms with Gasteiger partial charge in [-0.15, -0.1) is 0 Å². The molecule has 0 saturated carbocycles. The molecule has 0 bridgehead atoms. The second kappa shape index (κ2) is 8.42. The van der Waals surface area contributed by atoms with Crippen LogP contribution in [0.2, 0.25) is 0 Å². The first-order valence-corrected chi connectivity index (χ1v) is 9.58. The summed E-state index contributed by atoms with van der Waals surface area (Å²) < 4.78 is 11.3. The number of aryl methyl sites for hydroxylation is 2. The van der Waals surface area contributed by atoms with E-state index in [0.717, 1.165) is 18.6 Å². The van der Waals surface area contributed by atoms with E-state index in [-0.39, 0.29) is 17.6 Å². The van der Waals surface area contributed by atoms with E-state index < -0.39 is 5.63 Å². The lowest BCUT2D eigenvalue weighted by Crippen LogP contribution is -2.34. The van der Waals surface area contributed by atoms with Gasteiger partial charge in [0.2, 0.25) is 0 Å². The fourth-order valence-corrected chi connectivity index (χ4v) is 3.34. The summed E-state index contributed by atoms with van der Waals surface area (Å²) in [5.74, 6) is 1.70. The zero-order chi connectivity index (χ0) is 19.4. The SMILES string of the molecule is Cc1cc(CCC(C)C)oc(=O)c1C(=O)N1CC[C@@H](Oc2ccccc2)C1. The van der Waals surface area contributed by atoms with E-state index in [4.69, 9.17) is 9.15 Å². The van der Waals surface area contributed by atoms with Crippen molar-refractivity contribution in [2.45, 2.75) is 46.1 Å². The van der Waals surface area contributed by atoms with Crippen LogP contribution >= 0.6 is 0 Å². The largest absolute Gasteiger partial charge is 0.489 e. The van der Waals surface area contributed by atoms with Gasteiger partial charge in [-0.25, -0.2) is 4.79 Å². The van der Waals surface area contributed by atoms with Crippen LogP contribution in [-0.4, -0.2) is 30.0 Å². The maximum absolute atomic E-state index is 12.9. The molecule has 2 heterocycles. The monoisotopic (exact) mass is 369 g/mol. The lowest BCUT2D eigenvalue weighted by molar-refractivity contribution is 0.0766. The van der Waals surface area contributed by atoms with E-state index in [9.17, 15) is 9.59 Å². The maximum Gasteiger partial charge on any atom is 0.349 e. The lowest BCUT2D eigenvalue weighted by Gasteiger charge is -2.18. The molecule has 1 atom stereocenters. The van der Waals surface area contributed by atoms with Crippen LogP contribution < -0.4 is 10.4 Å². The molecule has 0 radical (unpaired) electrons. The molecule has 3 rings (SSSR count). The third kappa shape index (κ3) is 4.79. The third-order valence-corrected chi connectivity index (χ3v) is 4.86. The Morgan fingerprint density at radius 3 is 2.70 bits per heavy atom. The van der Waals surface area contributed by atoms with E-state index >= 15 is 0 Å². The number of hydrogen-bond acceptors (Lipinski definition) is 4.